The largest absolute Gasteiger partial charge is 0.347 e. The van der Waals surface area contributed by atoms with Crippen LogP contribution in [0, 0.1) is 0 Å². The van der Waals surface area contributed by atoms with Crippen LogP contribution in [-0.4, -0.2) is 22.3 Å². The van der Waals surface area contributed by atoms with E-state index in [0.717, 1.165) is 29.8 Å². The molecule has 2 rings (SSSR count). The maximum atomic E-state index is 4.48. The van der Waals surface area contributed by atoms with Crippen molar-refractivity contribution in [2.45, 2.75) is 32.7 Å². The monoisotopic (exact) mass is 328 g/mol. The fourth-order valence-corrected chi connectivity index (χ4v) is 1.88. The highest BCUT2D eigenvalue weighted by molar-refractivity contribution is 5.85. The van der Waals surface area contributed by atoms with E-state index in [0.29, 0.717) is 6.04 Å². The molecule has 0 aliphatic carbocycles. The number of benzene rings is 1. The first kappa shape index (κ1) is 19.5. The summed E-state index contributed by atoms with van der Waals surface area (Å²) in [5, 5.41) is 3.20. The molecule has 2 aromatic rings. The van der Waals surface area contributed by atoms with Crippen molar-refractivity contribution in [3.63, 3.8) is 0 Å². The van der Waals surface area contributed by atoms with Crippen molar-refractivity contribution in [2.24, 2.45) is 4.99 Å². The van der Waals surface area contributed by atoms with Gasteiger partial charge in [0.2, 0.25) is 0 Å². The predicted octanol–water partition coefficient (Wildman–Crippen LogP) is 4.55. The van der Waals surface area contributed by atoms with Gasteiger partial charge in [0.05, 0.1) is 30.6 Å². The smallest absolute Gasteiger partial charge is 0.0924 e. The van der Waals surface area contributed by atoms with Gasteiger partial charge >= 0.3 is 0 Å². The van der Waals surface area contributed by atoms with Crippen LogP contribution < -0.4 is 5.32 Å². The van der Waals surface area contributed by atoms with E-state index in [-0.39, 0.29) is 24.8 Å². The van der Waals surface area contributed by atoms with Gasteiger partial charge in [-0.1, -0.05) is 26.0 Å². The second-order valence-electron chi connectivity index (χ2n) is 4.44. The molecule has 0 saturated carbocycles. The SMILES string of the molecule is CCC(CC)N=CNc1ccc(-c2cnc[nH]2)cc1.Cl.Cl. The number of imidazole rings is 1. The molecule has 1 aromatic heterocycles. The topological polar surface area (TPSA) is 53.1 Å². The highest BCUT2D eigenvalue weighted by Gasteiger charge is 1.99. The first-order valence-electron chi connectivity index (χ1n) is 6.70. The molecule has 0 aliphatic rings. The van der Waals surface area contributed by atoms with Crippen molar-refractivity contribution in [2.75, 3.05) is 5.32 Å². The van der Waals surface area contributed by atoms with Crippen LogP contribution in [0.3, 0.4) is 0 Å². The minimum absolute atomic E-state index is 0. The second kappa shape index (κ2) is 10.2. The average molecular weight is 329 g/mol. The van der Waals surface area contributed by atoms with Crippen LogP contribution in [0.4, 0.5) is 5.69 Å². The lowest BCUT2D eigenvalue weighted by Gasteiger charge is -2.06. The summed E-state index contributed by atoms with van der Waals surface area (Å²) in [5.74, 6) is 0. The summed E-state index contributed by atoms with van der Waals surface area (Å²) in [5.41, 5.74) is 3.19. The molecule has 0 fully saturated rings. The van der Waals surface area contributed by atoms with Crippen molar-refractivity contribution >= 4 is 36.8 Å². The quantitative estimate of drug-likeness (QED) is 0.603. The molecule has 2 N–H and O–H groups in total. The second-order valence-corrected chi connectivity index (χ2v) is 4.44. The predicted molar refractivity (Wildman–Crippen MR) is 95.0 cm³/mol. The van der Waals surface area contributed by atoms with Gasteiger partial charge in [0.15, 0.2) is 0 Å². The summed E-state index contributed by atoms with van der Waals surface area (Å²) < 4.78 is 0. The number of hydrogen-bond acceptors (Lipinski definition) is 2. The number of aromatic nitrogens is 2. The van der Waals surface area contributed by atoms with Crippen LogP contribution in [0.5, 0.6) is 0 Å². The summed E-state index contributed by atoms with van der Waals surface area (Å²) >= 11 is 0. The van der Waals surface area contributed by atoms with Gasteiger partial charge in [0.1, 0.15) is 0 Å². The molecule has 1 heterocycles. The summed E-state index contributed by atoms with van der Waals surface area (Å²) in [6.45, 7) is 4.31. The van der Waals surface area contributed by atoms with E-state index in [1.54, 1.807) is 12.7 Å². The number of nitrogens with zero attached hydrogens (tertiary/aromatic N) is 2. The lowest BCUT2D eigenvalue weighted by Crippen LogP contribution is -2.04. The van der Waals surface area contributed by atoms with Crippen molar-refractivity contribution in [1.29, 1.82) is 0 Å². The summed E-state index contributed by atoms with van der Waals surface area (Å²) in [4.78, 5) is 11.6. The third-order valence-corrected chi connectivity index (χ3v) is 3.15. The number of halogens is 2. The Morgan fingerprint density at radius 1 is 1.19 bits per heavy atom. The molecule has 0 saturated heterocycles. The van der Waals surface area contributed by atoms with E-state index in [1.165, 1.54) is 0 Å². The van der Waals surface area contributed by atoms with Gasteiger partial charge in [0, 0.05) is 5.69 Å². The zero-order valence-corrected chi connectivity index (χ0v) is 13.9. The van der Waals surface area contributed by atoms with Gasteiger partial charge in [-0.25, -0.2) is 4.98 Å². The molecule has 116 valence electrons. The fraction of sp³-hybridized carbons (Fsp3) is 0.333. The van der Waals surface area contributed by atoms with E-state index in [9.17, 15) is 0 Å². The number of anilines is 1. The van der Waals surface area contributed by atoms with E-state index in [2.05, 4.69) is 46.3 Å². The van der Waals surface area contributed by atoms with Crippen molar-refractivity contribution in [3.8, 4) is 11.3 Å². The van der Waals surface area contributed by atoms with Gasteiger partial charge in [0.25, 0.3) is 0 Å². The molecule has 4 nitrogen and oxygen atoms in total. The Hall–Kier alpha value is -1.52. The Morgan fingerprint density at radius 2 is 1.86 bits per heavy atom. The van der Waals surface area contributed by atoms with E-state index >= 15 is 0 Å². The Labute approximate surface area is 138 Å². The first-order valence-corrected chi connectivity index (χ1v) is 6.70. The highest BCUT2D eigenvalue weighted by Crippen LogP contribution is 2.18. The number of H-pyrrole nitrogens is 1. The van der Waals surface area contributed by atoms with Crippen LogP contribution in [-0.2, 0) is 0 Å². The summed E-state index contributed by atoms with van der Waals surface area (Å²) in [6.07, 6.45) is 7.45. The Kier molecular flexibility index (Phi) is 9.50. The summed E-state index contributed by atoms with van der Waals surface area (Å²) in [7, 11) is 0. The molecule has 1 aromatic carbocycles. The molecule has 0 spiro atoms. The number of aromatic amines is 1. The molecular formula is C15H22Cl2N4. The average Bonchev–Trinajstić information content (AvgIpc) is 2.98. The molecule has 0 aliphatic heterocycles. The van der Waals surface area contributed by atoms with Crippen LogP contribution in [0.25, 0.3) is 11.3 Å². The third kappa shape index (κ3) is 5.78. The van der Waals surface area contributed by atoms with Gasteiger partial charge < -0.3 is 10.3 Å². The first-order chi connectivity index (χ1) is 9.33. The van der Waals surface area contributed by atoms with Gasteiger partial charge in [-0.15, -0.1) is 24.8 Å². The van der Waals surface area contributed by atoms with Crippen molar-refractivity contribution in [1.82, 2.24) is 9.97 Å². The Bertz CT molecular complexity index is 505. The maximum absolute atomic E-state index is 4.48. The summed E-state index contributed by atoms with van der Waals surface area (Å²) in [6, 6.07) is 8.60. The molecule has 0 unspecified atom stereocenters. The molecule has 0 bridgehead atoms. The standard InChI is InChI=1S/C15H20N4.2ClH/c1-3-13(4-2)17-11-18-14-7-5-12(6-8-14)15-9-16-10-19-15;;/h5-11,13H,3-4H2,1-2H3,(H,16,19)(H,17,18);2*1H. The number of hydrogen-bond donors (Lipinski definition) is 2. The van der Waals surface area contributed by atoms with E-state index in [4.69, 9.17) is 0 Å². The molecular weight excluding hydrogens is 307 g/mol. The molecule has 0 atom stereocenters. The van der Waals surface area contributed by atoms with Crippen LogP contribution in [0.15, 0.2) is 41.8 Å². The van der Waals surface area contributed by atoms with Crippen LogP contribution in [0.1, 0.15) is 26.7 Å². The molecule has 21 heavy (non-hydrogen) atoms. The number of aliphatic imine (C=N–C) groups is 1. The van der Waals surface area contributed by atoms with Gasteiger partial charge in [-0.2, -0.15) is 0 Å². The molecule has 0 radical (unpaired) electrons. The maximum Gasteiger partial charge on any atom is 0.0924 e. The third-order valence-electron chi connectivity index (χ3n) is 3.15. The molecule has 0 amide bonds. The number of nitrogens with one attached hydrogen (secondary N) is 2. The highest BCUT2D eigenvalue weighted by atomic mass is 35.5. The van der Waals surface area contributed by atoms with Gasteiger partial charge in [-0.05, 0) is 30.5 Å². The van der Waals surface area contributed by atoms with Crippen molar-refractivity contribution in [3.05, 3.63) is 36.8 Å². The molecule has 6 heteroatoms. The van der Waals surface area contributed by atoms with Crippen LogP contribution >= 0.6 is 24.8 Å². The van der Waals surface area contributed by atoms with Crippen LogP contribution in [0.2, 0.25) is 0 Å². The lowest BCUT2D eigenvalue weighted by atomic mass is 10.1. The van der Waals surface area contributed by atoms with Gasteiger partial charge in [-0.3, -0.25) is 4.99 Å². The minimum Gasteiger partial charge on any atom is -0.347 e. The lowest BCUT2D eigenvalue weighted by molar-refractivity contribution is 0.634. The zero-order valence-electron chi connectivity index (χ0n) is 12.2. The number of rotatable bonds is 6. The Balaban J connectivity index is 0.00000200. The zero-order chi connectivity index (χ0) is 13.5. The van der Waals surface area contributed by atoms with E-state index in [1.807, 2.05) is 18.3 Å². The minimum atomic E-state index is 0. The fourth-order valence-electron chi connectivity index (χ4n) is 1.88. The normalized spacial score (nSPS) is 10.2. The van der Waals surface area contributed by atoms with E-state index < -0.39 is 0 Å². The van der Waals surface area contributed by atoms with Crippen molar-refractivity contribution < 1.29 is 0 Å². The Morgan fingerprint density at radius 3 is 2.38 bits per heavy atom.